The molecule has 0 aliphatic heterocycles. The molecule has 20 aromatic carbocycles. The highest BCUT2D eigenvalue weighted by molar-refractivity contribution is 6.20. The fraction of sp³-hybridized carbons (Fsp3) is 0.0687. The van der Waals surface area contributed by atoms with Crippen LogP contribution in [0.25, 0.3) is 260 Å². The molecule has 7 heteroatoms. The van der Waals surface area contributed by atoms with Crippen LogP contribution in [0.5, 0.6) is 0 Å². The maximum atomic E-state index is 5.83. The van der Waals surface area contributed by atoms with E-state index in [0.29, 0.717) is 5.82 Å². The predicted molar refractivity (Wildman–Crippen MR) is 576 cm³/mol. The molecule has 0 radical (unpaired) electrons. The first kappa shape index (κ1) is 77.2. The summed E-state index contributed by atoms with van der Waals surface area (Å²) >= 11 is 0. The lowest BCUT2D eigenvalue weighted by Crippen LogP contribution is -2.15. The first-order chi connectivity index (χ1) is 67.7. The summed E-state index contributed by atoms with van der Waals surface area (Å²) in [6, 6.07) is 158. The summed E-state index contributed by atoms with van der Waals surface area (Å²) in [4.78, 5) is 11.5. The third kappa shape index (κ3) is 10.7. The molecule has 4 aliphatic carbocycles. The molecule has 0 N–H and O–H groups in total. The van der Waals surface area contributed by atoms with Crippen molar-refractivity contribution in [3.05, 3.63) is 452 Å². The molecule has 6 aromatic heterocycles. The van der Waals surface area contributed by atoms with Crippen molar-refractivity contribution in [2.24, 2.45) is 0 Å². The van der Waals surface area contributed by atoms with E-state index in [1.807, 2.05) is 0 Å². The van der Waals surface area contributed by atoms with Gasteiger partial charge in [-0.1, -0.05) is 302 Å². The van der Waals surface area contributed by atoms with E-state index in [9.17, 15) is 0 Å². The molecule has 0 saturated carbocycles. The number of rotatable bonds is 10. The van der Waals surface area contributed by atoms with Crippen LogP contribution in [-0.4, -0.2) is 32.8 Å². The largest absolute Gasteiger partial charge is 0.309 e. The number of para-hydroxylation sites is 4. The SMILES string of the molecule is CC1(C)c2ccccc2-c2ccc(-n3c4ccccc4c4cc(-c5ccc6c(c5)c5ccccc5n6-c5cccc(-c6nc(-c7ccc(-n8c9ccc(-c%10ccc%11c(c%10)c%10ccccc%10n%11-c%10ccc%11c(c%10)C(C)(C)c%10ccccc%10-%11)cc9c9cc(-c%10ccc%11c(c%10)c%10ccccc%10n%11-c%10ccc%11c(c%10)C(C)(C)c%10ccccc%10-%11)ccc98)cc7)c7c(n6)-c6cccc8cccc-7c68)c5)ccc43)cc21. The fourth-order valence-electron chi connectivity index (χ4n) is 25.4. The Morgan fingerprint density at radius 2 is 0.449 bits per heavy atom. The molecule has 138 heavy (non-hydrogen) atoms. The normalized spacial score (nSPS) is 13.9. The summed E-state index contributed by atoms with van der Waals surface area (Å²) in [5, 5.41) is 14.5. The van der Waals surface area contributed by atoms with E-state index in [1.165, 1.54) is 193 Å². The molecular weight excluding hydrogens is 1670 g/mol. The highest BCUT2D eigenvalue weighted by Gasteiger charge is 2.40. The second-order valence-electron chi connectivity index (χ2n) is 40.3. The zero-order chi connectivity index (χ0) is 91.2. The summed E-state index contributed by atoms with van der Waals surface area (Å²) in [5.41, 5.74) is 47.1. The van der Waals surface area contributed by atoms with Crippen molar-refractivity contribution in [3.63, 3.8) is 0 Å². The maximum Gasteiger partial charge on any atom is 0.160 e. The van der Waals surface area contributed by atoms with E-state index >= 15 is 0 Å². The number of fused-ring (bicyclic) bond motifs is 27. The Kier molecular flexibility index (Phi) is 15.6. The van der Waals surface area contributed by atoms with Crippen LogP contribution in [0.1, 0.15) is 74.9 Å². The molecule has 7 nitrogen and oxygen atoms in total. The minimum Gasteiger partial charge on any atom is -0.309 e. The summed E-state index contributed by atoms with van der Waals surface area (Å²) in [6.07, 6.45) is 0. The van der Waals surface area contributed by atoms with Crippen molar-refractivity contribution >= 4 is 120 Å². The van der Waals surface area contributed by atoms with Crippen molar-refractivity contribution < 1.29 is 0 Å². The Hall–Kier alpha value is -17.3. The van der Waals surface area contributed by atoms with Crippen LogP contribution in [0, 0.1) is 0 Å². The van der Waals surface area contributed by atoms with Gasteiger partial charge < -0.3 is 22.8 Å². The fourth-order valence-corrected chi connectivity index (χ4v) is 25.4. The van der Waals surface area contributed by atoms with Crippen molar-refractivity contribution in [2.45, 2.75) is 57.8 Å². The van der Waals surface area contributed by atoms with Crippen molar-refractivity contribution in [2.75, 3.05) is 0 Å². The first-order valence-electron chi connectivity index (χ1n) is 48.3. The lowest BCUT2D eigenvalue weighted by atomic mass is 9.82. The second-order valence-corrected chi connectivity index (χ2v) is 40.3. The van der Waals surface area contributed by atoms with Gasteiger partial charge in [0.25, 0.3) is 0 Å². The molecule has 0 unspecified atom stereocenters. The van der Waals surface area contributed by atoms with E-state index < -0.39 is 0 Å². The van der Waals surface area contributed by atoms with E-state index in [2.05, 4.69) is 483 Å². The minimum atomic E-state index is -0.135. The number of nitrogens with zero attached hydrogens (tertiary/aromatic N) is 7. The first-order valence-corrected chi connectivity index (χ1v) is 48.3. The van der Waals surface area contributed by atoms with Crippen LogP contribution in [0.4, 0.5) is 0 Å². The van der Waals surface area contributed by atoms with Crippen LogP contribution in [-0.2, 0) is 16.2 Å². The quantitative estimate of drug-likeness (QED) is 0.137. The van der Waals surface area contributed by atoms with Crippen LogP contribution in [0.2, 0.25) is 0 Å². The summed E-state index contributed by atoms with van der Waals surface area (Å²) < 4.78 is 12.3. The van der Waals surface area contributed by atoms with Crippen molar-refractivity contribution in [1.82, 2.24) is 32.8 Å². The van der Waals surface area contributed by atoms with Gasteiger partial charge in [0.15, 0.2) is 5.82 Å². The van der Waals surface area contributed by atoms with Crippen LogP contribution in [0.15, 0.2) is 419 Å². The average Bonchev–Trinajstić information content (AvgIpc) is 1.58. The van der Waals surface area contributed by atoms with Gasteiger partial charge in [-0.3, -0.25) is 0 Å². The Labute approximate surface area is 797 Å². The smallest absolute Gasteiger partial charge is 0.160 e. The molecule has 0 spiro atoms. The second kappa shape index (κ2) is 28.0. The van der Waals surface area contributed by atoms with Gasteiger partial charge in [0.1, 0.15) is 0 Å². The van der Waals surface area contributed by atoms with Crippen LogP contribution < -0.4 is 0 Å². The van der Waals surface area contributed by atoms with E-state index in [1.54, 1.807) is 0 Å². The highest BCUT2D eigenvalue weighted by atomic mass is 15.0. The van der Waals surface area contributed by atoms with E-state index in [-0.39, 0.29) is 16.2 Å². The highest BCUT2D eigenvalue weighted by Crippen LogP contribution is 2.57. The third-order valence-electron chi connectivity index (χ3n) is 32.0. The molecule has 0 amide bonds. The topological polar surface area (TPSA) is 50.4 Å². The van der Waals surface area contributed by atoms with Gasteiger partial charge >= 0.3 is 0 Å². The lowest BCUT2D eigenvalue weighted by molar-refractivity contribution is 0.660. The molecule has 0 saturated heterocycles. The molecule has 30 rings (SSSR count). The molecule has 0 fully saturated rings. The summed E-state index contributed by atoms with van der Waals surface area (Å²) in [6.45, 7) is 14.2. The summed E-state index contributed by atoms with van der Waals surface area (Å²) in [5.74, 6) is 0.665. The number of aromatic nitrogens is 7. The van der Waals surface area contributed by atoms with Gasteiger partial charge in [-0.25, -0.2) is 9.97 Å². The Balaban J connectivity index is 0.540. The number of hydrogen-bond acceptors (Lipinski definition) is 2. The molecule has 0 bridgehead atoms. The molecule has 4 aliphatic rings. The van der Waals surface area contributed by atoms with E-state index in [4.69, 9.17) is 9.97 Å². The lowest BCUT2D eigenvalue weighted by Gasteiger charge is -2.22. The Bertz CT molecular complexity index is 9670. The minimum absolute atomic E-state index is 0.115. The molecule has 646 valence electrons. The molecule has 26 aromatic rings. The molecular formula is C131H87N7. The molecule has 6 heterocycles. The van der Waals surface area contributed by atoms with Crippen molar-refractivity contribution in [3.8, 4) is 140 Å². The predicted octanol–water partition coefficient (Wildman–Crippen LogP) is 34.0. The van der Waals surface area contributed by atoms with Crippen molar-refractivity contribution in [1.29, 1.82) is 0 Å². The standard InChI is InChI=1S/C131H87N7/c1-129(2)108-37-14-7-28-90(108)93-57-54-87(73-111(93)129)136-115-41-18-11-32-97(115)103-68-79(47-61-119(103)136)78-46-60-118-102(67-78)96-31-10-17-40-114(96)135(118)86-27-21-26-84(66-86)128-132-126(125-100-35-22-24-76-25-23-36-101(124(76)100)127(125)133-128)77-44-52-85(53-45-77)134-122-64-50-82(80-48-62-120-104(69-80)98-33-12-19-42-116(98)137(120)88-55-58-94-91-29-8-15-38-109(91)130(3,4)112(94)74-88)71-106(122)107-72-83(51-65-123(107)134)81-49-63-121-105(70-81)99-34-13-20-43-117(99)138(121)89-56-59-95-92-30-9-16-39-110(92)131(5,6)113(95)75-89/h7-75H,1-6H3. The van der Waals surface area contributed by atoms with Crippen LogP contribution in [0.3, 0.4) is 0 Å². The Morgan fingerprint density at radius 3 is 0.826 bits per heavy atom. The van der Waals surface area contributed by atoms with Crippen LogP contribution >= 0.6 is 0 Å². The summed E-state index contributed by atoms with van der Waals surface area (Å²) in [7, 11) is 0. The van der Waals surface area contributed by atoms with Gasteiger partial charge in [0.05, 0.1) is 66.6 Å². The number of benzene rings is 20. The average molecular weight is 1760 g/mol. The zero-order valence-corrected chi connectivity index (χ0v) is 77.0. The maximum absolute atomic E-state index is 5.83. The van der Waals surface area contributed by atoms with Gasteiger partial charge in [0.2, 0.25) is 0 Å². The zero-order valence-electron chi connectivity index (χ0n) is 77.0. The van der Waals surface area contributed by atoms with Gasteiger partial charge in [0, 0.05) is 121 Å². The number of hydrogen-bond donors (Lipinski definition) is 0. The monoisotopic (exact) mass is 1760 g/mol. The third-order valence-corrected chi connectivity index (χ3v) is 32.0. The van der Waals surface area contributed by atoms with E-state index in [0.717, 1.165) is 94.9 Å². The Morgan fingerprint density at radius 1 is 0.174 bits per heavy atom. The van der Waals surface area contributed by atoms with Gasteiger partial charge in [-0.05, 0) is 274 Å². The van der Waals surface area contributed by atoms with Gasteiger partial charge in [-0.2, -0.15) is 0 Å². The molecule has 0 atom stereocenters. The van der Waals surface area contributed by atoms with Gasteiger partial charge in [-0.15, -0.1) is 0 Å².